The Morgan fingerprint density at radius 1 is 0.398 bits per heavy atom. The van der Waals surface area contributed by atoms with Crippen molar-refractivity contribution in [3.05, 3.63) is 36.5 Å². The van der Waals surface area contributed by atoms with Gasteiger partial charge in [-0.3, -0.25) is 9.36 Å². The van der Waals surface area contributed by atoms with Crippen molar-refractivity contribution in [3.8, 4) is 0 Å². The maximum Gasteiger partial charge on any atom is 0.268 e. The van der Waals surface area contributed by atoms with E-state index in [-0.39, 0.29) is 19.1 Å². The number of carbonyl (C=O) groups is 1. The van der Waals surface area contributed by atoms with E-state index in [0.717, 1.165) is 44.9 Å². The normalized spacial score (nSPS) is 13.7. The third-order valence-electron chi connectivity index (χ3n) is 18.3. The number of unbranched alkanes of at least 4 members (excludes halogenated alkanes) is 57. The van der Waals surface area contributed by atoms with E-state index in [1.807, 2.05) is 27.2 Å². The molecule has 0 aromatic carbocycles. The van der Waals surface area contributed by atoms with Crippen LogP contribution in [0, 0.1) is 0 Å². The molecule has 0 heterocycles. The average Bonchev–Trinajstić information content (AvgIpc) is 3.70. The topological polar surface area (TPSA) is 108 Å². The Morgan fingerprint density at radius 3 is 0.943 bits per heavy atom. The van der Waals surface area contributed by atoms with Gasteiger partial charge in [-0.05, 0) is 51.4 Å². The van der Waals surface area contributed by atoms with Crippen LogP contribution >= 0.6 is 7.82 Å². The Hall–Kier alpha value is -1.28. The number of hydrogen-bond donors (Lipinski definition) is 2. The van der Waals surface area contributed by atoms with Gasteiger partial charge in [-0.25, -0.2) is 0 Å². The Bertz CT molecular complexity index is 1530. The summed E-state index contributed by atoms with van der Waals surface area (Å²) in [7, 11) is 1.28. The molecule has 88 heavy (non-hydrogen) atoms. The van der Waals surface area contributed by atoms with Crippen molar-refractivity contribution in [2.75, 3.05) is 40.9 Å². The predicted octanol–water partition coefficient (Wildman–Crippen LogP) is 24.9. The fourth-order valence-corrected chi connectivity index (χ4v) is 13.0. The summed E-state index contributed by atoms with van der Waals surface area (Å²) < 4.78 is 23.5. The fourth-order valence-electron chi connectivity index (χ4n) is 12.3. The van der Waals surface area contributed by atoms with Gasteiger partial charge in [0.25, 0.3) is 7.82 Å². The van der Waals surface area contributed by atoms with Gasteiger partial charge in [-0.2, -0.15) is 0 Å². The molecule has 9 heteroatoms. The van der Waals surface area contributed by atoms with Crippen LogP contribution in [0.25, 0.3) is 0 Å². The summed E-state index contributed by atoms with van der Waals surface area (Å²) in [5, 5.41) is 14.0. The van der Waals surface area contributed by atoms with E-state index in [1.54, 1.807) is 6.08 Å². The zero-order chi connectivity index (χ0) is 64.1. The molecule has 0 fully saturated rings. The van der Waals surface area contributed by atoms with Crippen LogP contribution in [-0.4, -0.2) is 68.5 Å². The summed E-state index contributed by atoms with van der Waals surface area (Å²) in [4.78, 5) is 25.7. The molecule has 0 bridgehead atoms. The highest BCUT2D eigenvalue weighted by Crippen LogP contribution is 2.38. The number of aliphatic hydroxyl groups is 1. The average molecular weight is 1260 g/mol. The highest BCUT2D eigenvalue weighted by atomic mass is 31.2. The van der Waals surface area contributed by atoms with Crippen LogP contribution in [0.1, 0.15) is 412 Å². The van der Waals surface area contributed by atoms with Crippen molar-refractivity contribution in [2.45, 2.75) is 424 Å². The summed E-state index contributed by atoms with van der Waals surface area (Å²) in [5.41, 5.74) is 0. The van der Waals surface area contributed by atoms with Crippen molar-refractivity contribution in [2.24, 2.45) is 0 Å². The molecule has 0 aliphatic heterocycles. The molecule has 3 atom stereocenters. The Kier molecular flexibility index (Phi) is 69.0. The molecule has 2 N–H and O–H groups in total. The largest absolute Gasteiger partial charge is 0.756 e. The van der Waals surface area contributed by atoms with E-state index in [9.17, 15) is 19.4 Å². The molecular formula is C79H155N2O6P. The number of rotatable bonds is 74. The van der Waals surface area contributed by atoms with Gasteiger partial charge >= 0.3 is 0 Å². The van der Waals surface area contributed by atoms with Gasteiger partial charge in [-0.15, -0.1) is 0 Å². The Labute approximate surface area is 550 Å². The maximum atomic E-state index is 13.1. The molecule has 0 saturated heterocycles. The molecule has 0 saturated carbocycles. The molecule has 0 aromatic heterocycles. The molecule has 8 nitrogen and oxygen atoms in total. The van der Waals surface area contributed by atoms with Crippen molar-refractivity contribution in [3.63, 3.8) is 0 Å². The lowest BCUT2D eigenvalue weighted by molar-refractivity contribution is -0.870. The molecule has 0 radical (unpaired) electrons. The van der Waals surface area contributed by atoms with Crippen LogP contribution in [0.4, 0.5) is 0 Å². The lowest BCUT2D eigenvalue weighted by atomic mass is 10.0. The van der Waals surface area contributed by atoms with E-state index in [2.05, 4.69) is 43.5 Å². The smallest absolute Gasteiger partial charge is 0.268 e. The third kappa shape index (κ3) is 72.2. The number of phosphoric ester groups is 1. The summed E-state index contributed by atoms with van der Waals surface area (Å²) in [6.45, 7) is 4.71. The van der Waals surface area contributed by atoms with Crippen LogP contribution in [0.3, 0.4) is 0 Å². The number of quaternary nitrogens is 1. The Balaban J connectivity index is 3.94. The highest BCUT2D eigenvalue weighted by Gasteiger charge is 2.23. The van der Waals surface area contributed by atoms with Gasteiger partial charge in [0.15, 0.2) is 0 Å². The van der Waals surface area contributed by atoms with Crippen molar-refractivity contribution in [1.82, 2.24) is 5.32 Å². The lowest BCUT2D eigenvalue weighted by Crippen LogP contribution is -2.45. The zero-order valence-corrected chi connectivity index (χ0v) is 60.9. The number of amides is 1. The van der Waals surface area contributed by atoms with Gasteiger partial charge in [0.05, 0.1) is 39.9 Å². The zero-order valence-electron chi connectivity index (χ0n) is 60.0. The molecule has 0 aliphatic rings. The Morgan fingerprint density at radius 2 is 0.659 bits per heavy atom. The summed E-state index contributed by atoms with van der Waals surface area (Å²) in [6, 6.07) is -0.886. The van der Waals surface area contributed by atoms with Crippen molar-refractivity contribution in [1.29, 1.82) is 0 Å². The quantitative estimate of drug-likeness (QED) is 0.0272. The summed E-state index contributed by atoms with van der Waals surface area (Å²) in [5.74, 6) is -0.188. The van der Waals surface area contributed by atoms with E-state index < -0.39 is 20.0 Å². The van der Waals surface area contributed by atoms with Gasteiger partial charge in [0, 0.05) is 6.42 Å². The van der Waals surface area contributed by atoms with E-state index in [0.29, 0.717) is 17.4 Å². The van der Waals surface area contributed by atoms with Crippen molar-refractivity contribution >= 4 is 13.7 Å². The number of aliphatic hydroxyl groups excluding tert-OH is 1. The molecule has 1 amide bonds. The van der Waals surface area contributed by atoms with Gasteiger partial charge in [-0.1, -0.05) is 391 Å². The highest BCUT2D eigenvalue weighted by molar-refractivity contribution is 7.45. The number of likely N-dealkylation sites (N-methyl/N-ethyl adjacent to an activating group) is 1. The molecule has 0 aliphatic carbocycles. The first kappa shape index (κ1) is 86.7. The number of nitrogens with one attached hydrogen (secondary N) is 1. The van der Waals surface area contributed by atoms with Crippen LogP contribution in [0.5, 0.6) is 0 Å². The second-order valence-corrected chi connectivity index (χ2v) is 29.8. The number of phosphoric acid groups is 1. The molecule has 0 aromatic rings. The first-order valence-corrected chi connectivity index (χ1v) is 40.8. The number of nitrogens with zero attached hydrogens (tertiary/aromatic N) is 1. The molecule has 0 spiro atoms. The van der Waals surface area contributed by atoms with Crippen LogP contribution in [-0.2, 0) is 18.4 Å². The van der Waals surface area contributed by atoms with Crippen LogP contribution in [0.2, 0.25) is 0 Å². The van der Waals surface area contributed by atoms with Gasteiger partial charge in [0.2, 0.25) is 5.91 Å². The first-order valence-electron chi connectivity index (χ1n) is 39.4. The fraction of sp³-hybridized carbons (Fsp3) is 0.911. The number of allylic oxidation sites excluding steroid dienone is 5. The molecule has 3 unspecified atom stereocenters. The minimum Gasteiger partial charge on any atom is -0.756 e. The minimum atomic E-state index is -4.60. The first-order chi connectivity index (χ1) is 43.0. The summed E-state index contributed by atoms with van der Waals surface area (Å²) in [6.07, 6.45) is 94.5. The number of hydrogen-bond acceptors (Lipinski definition) is 6. The predicted molar refractivity (Wildman–Crippen MR) is 385 cm³/mol. The second kappa shape index (κ2) is 70.0. The van der Waals surface area contributed by atoms with Crippen LogP contribution in [0.15, 0.2) is 36.5 Å². The standard InChI is InChI=1S/C79H155N2O6P/c1-6-8-10-12-14-16-18-20-22-24-26-28-30-32-34-36-37-38-39-40-41-42-43-45-47-49-51-53-55-57-59-61-63-65-67-69-71-73-79(83)80-77(76-87-88(84,85)86-75-74-81(3,4)5)78(82)72-70-68-66-64-62-60-58-56-54-52-50-48-46-44-35-33-31-29-27-25-23-21-19-17-15-13-11-9-7-2/h18,20,24,26,70,72,77-78,82H,6-17,19,21-23,25,27-69,71,73-76H2,1-5H3,(H-,80,83,84,85)/b20-18-,26-24-,72-70+. The van der Waals surface area contributed by atoms with Crippen molar-refractivity contribution < 1.29 is 32.9 Å². The van der Waals surface area contributed by atoms with E-state index in [1.165, 1.54) is 347 Å². The van der Waals surface area contributed by atoms with Gasteiger partial charge < -0.3 is 28.8 Å². The SMILES string of the molecule is CCCCCCC/C=C\C/C=C\CCCCCCCCCCCCCCCCCCCCCCCCCCCC(=O)NC(COP(=O)([O-])OCC[N+](C)(C)C)C(O)/C=C/CCCCCCCCCCCCCCCCCCCCCCCCCCCCC. The lowest BCUT2D eigenvalue weighted by Gasteiger charge is -2.29. The van der Waals surface area contributed by atoms with Gasteiger partial charge in [0.1, 0.15) is 13.2 Å². The molecule has 522 valence electrons. The summed E-state index contributed by atoms with van der Waals surface area (Å²) >= 11 is 0. The molecule has 0 rings (SSSR count). The molecular weight excluding hydrogens is 1100 g/mol. The minimum absolute atomic E-state index is 0.00177. The maximum absolute atomic E-state index is 13.1. The van der Waals surface area contributed by atoms with E-state index in [4.69, 9.17) is 9.05 Å². The number of carbonyl (C=O) groups excluding carboxylic acids is 1. The van der Waals surface area contributed by atoms with E-state index >= 15 is 0 Å². The van der Waals surface area contributed by atoms with Crippen LogP contribution < -0.4 is 10.2 Å². The second-order valence-electron chi connectivity index (χ2n) is 28.4. The third-order valence-corrected chi connectivity index (χ3v) is 19.3. The monoisotopic (exact) mass is 1260 g/mol.